The average Bonchev–Trinajstić information content (AvgIpc) is 3.40. The minimum absolute atomic E-state index is 0.253. The van der Waals surface area contributed by atoms with Crippen molar-refractivity contribution in [1.29, 1.82) is 0 Å². The smallest absolute Gasteiger partial charge is 0.257 e. The summed E-state index contributed by atoms with van der Waals surface area (Å²) in [5, 5.41) is 4.37. The molecule has 0 bridgehead atoms. The third-order valence-corrected chi connectivity index (χ3v) is 8.56. The van der Waals surface area contributed by atoms with Crippen molar-refractivity contribution in [3.05, 3.63) is 68.9 Å². The molecule has 1 aliphatic rings. The zero-order valence-electron chi connectivity index (χ0n) is 18.6. The van der Waals surface area contributed by atoms with Gasteiger partial charge in [-0.25, -0.2) is 4.98 Å². The molecule has 5 rings (SSSR count). The summed E-state index contributed by atoms with van der Waals surface area (Å²) in [5.41, 5.74) is 9.32. The Morgan fingerprint density at radius 1 is 1.18 bits per heavy atom. The number of amides is 2. The highest BCUT2D eigenvalue weighted by molar-refractivity contribution is 7.17. The zero-order valence-corrected chi connectivity index (χ0v) is 20.2. The molecule has 1 unspecified atom stereocenters. The number of nitrogens with zero attached hydrogens (tertiary/aromatic N) is 1. The van der Waals surface area contributed by atoms with Gasteiger partial charge in [-0.3, -0.25) is 9.59 Å². The minimum atomic E-state index is -0.480. The monoisotopic (exact) mass is 475 g/mol. The molecule has 168 valence electrons. The number of nitrogens with one attached hydrogen (secondary N) is 1. The number of pyridine rings is 1. The molecule has 2 amide bonds. The molecular formula is C26H25N3O2S2. The molecule has 0 saturated carbocycles. The maximum atomic E-state index is 13.5. The van der Waals surface area contributed by atoms with Crippen LogP contribution in [-0.4, -0.2) is 16.8 Å². The molecule has 1 aliphatic carbocycles. The number of aromatic nitrogens is 1. The molecule has 1 atom stereocenters. The lowest BCUT2D eigenvalue weighted by Gasteiger charge is -2.20. The highest BCUT2D eigenvalue weighted by Gasteiger charge is 2.28. The number of thiophene rings is 2. The molecule has 0 radical (unpaired) electrons. The number of hydrogen-bond donors (Lipinski definition) is 2. The van der Waals surface area contributed by atoms with Crippen molar-refractivity contribution >= 4 is 50.4 Å². The van der Waals surface area contributed by atoms with Crippen molar-refractivity contribution in [1.82, 2.24) is 4.98 Å². The molecular weight excluding hydrogens is 450 g/mol. The Morgan fingerprint density at radius 2 is 2.00 bits per heavy atom. The first-order valence-electron chi connectivity index (χ1n) is 11.2. The van der Waals surface area contributed by atoms with Gasteiger partial charge >= 0.3 is 0 Å². The maximum Gasteiger partial charge on any atom is 0.257 e. The van der Waals surface area contributed by atoms with Crippen molar-refractivity contribution in [3.8, 4) is 10.6 Å². The summed E-state index contributed by atoms with van der Waals surface area (Å²) >= 11 is 3.14. The third-order valence-electron chi connectivity index (χ3n) is 6.37. The van der Waals surface area contributed by atoms with Crippen molar-refractivity contribution in [2.75, 3.05) is 5.32 Å². The van der Waals surface area contributed by atoms with Crippen molar-refractivity contribution in [3.63, 3.8) is 0 Å². The first-order valence-corrected chi connectivity index (χ1v) is 12.8. The number of primary amides is 1. The molecule has 0 aliphatic heterocycles. The van der Waals surface area contributed by atoms with Gasteiger partial charge in [-0.2, -0.15) is 0 Å². The Kier molecular flexibility index (Phi) is 5.76. The highest BCUT2D eigenvalue weighted by Crippen LogP contribution is 2.40. The number of para-hydroxylation sites is 1. The van der Waals surface area contributed by atoms with Crippen LogP contribution in [0.15, 0.2) is 42.5 Å². The number of carbonyl (C=O) groups excluding carboxylic acids is 2. The van der Waals surface area contributed by atoms with E-state index in [9.17, 15) is 9.59 Å². The van der Waals surface area contributed by atoms with Gasteiger partial charge in [0.25, 0.3) is 11.8 Å². The molecule has 0 spiro atoms. The Hall–Kier alpha value is -3.03. The second kappa shape index (κ2) is 8.72. The minimum Gasteiger partial charge on any atom is -0.365 e. The number of carbonyl (C=O) groups is 2. The van der Waals surface area contributed by atoms with Crippen LogP contribution in [0.25, 0.3) is 21.5 Å². The molecule has 3 aromatic heterocycles. The van der Waals surface area contributed by atoms with E-state index in [0.717, 1.165) is 52.7 Å². The van der Waals surface area contributed by atoms with Gasteiger partial charge in [0.1, 0.15) is 5.00 Å². The van der Waals surface area contributed by atoms with Crippen LogP contribution in [0.5, 0.6) is 0 Å². The SMILES string of the molecule is CCC1CCc2c(sc(NC(=O)c3cc(-c4ccc(C)s4)nc4ccccc34)c2C(N)=O)C1. The van der Waals surface area contributed by atoms with Crippen LogP contribution in [0.3, 0.4) is 0 Å². The molecule has 0 saturated heterocycles. The number of anilines is 1. The molecule has 0 fully saturated rings. The zero-order chi connectivity index (χ0) is 23.1. The van der Waals surface area contributed by atoms with E-state index in [2.05, 4.69) is 25.2 Å². The predicted molar refractivity (Wildman–Crippen MR) is 136 cm³/mol. The Bertz CT molecular complexity index is 1390. The van der Waals surface area contributed by atoms with Crippen LogP contribution < -0.4 is 11.1 Å². The summed E-state index contributed by atoms with van der Waals surface area (Å²) in [6, 6.07) is 13.6. The van der Waals surface area contributed by atoms with Crippen LogP contribution >= 0.6 is 22.7 Å². The summed E-state index contributed by atoms with van der Waals surface area (Å²) in [4.78, 5) is 34.1. The molecule has 33 heavy (non-hydrogen) atoms. The van der Waals surface area contributed by atoms with E-state index in [-0.39, 0.29) is 5.91 Å². The van der Waals surface area contributed by atoms with Crippen molar-refractivity contribution in [2.45, 2.75) is 39.5 Å². The van der Waals surface area contributed by atoms with Crippen LogP contribution in [0.2, 0.25) is 0 Å². The van der Waals surface area contributed by atoms with Crippen LogP contribution in [0, 0.1) is 12.8 Å². The van der Waals surface area contributed by atoms with Gasteiger partial charge in [-0.15, -0.1) is 22.7 Å². The van der Waals surface area contributed by atoms with E-state index in [0.29, 0.717) is 22.0 Å². The number of benzene rings is 1. The fraction of sp³-hybridized carbons (Fsp3) is 0.269. The van der Waals surface area contributed by atoms with E-state index < -0.39 is 5.91 Å². The number of rotatable bonds is 5. The van der Waals surface area contributed by atoms with Crippen LogP contribution in [0.1, 0.15) is 55.8 Å². The predicted octanol–water partition coefficient (Wildman–Crippen LogP) is 6.20. The van der Waals surface area contributed by atoms with Crippen LogP contribution in [-0.2, 0) is 12.8 Å². The first kappa shape index (κ1) is 21.8. The van der Waals surface area contributed by atoms with E-state index in [1.54, 1.807) is 11.3 Å². The fourth-order valence-electron chi connectivity index (χ4n) is 4.58. The molecule has 4 aromatic rings. The Labute approximate surface area is 200 Å². The van der Waals surface area contributed by atoms with Crippen molar-refractivity contribution in [2.24, 2.45) is 11.7 Å². The quantitative estimate of drug-likeness (QED) is 0.360. The van der Waals surface area contributed by atoms with E-state index in [1.165, 1.54) is 21.1 Å². The summed E-state index contributed by atoms with van der Waals surface area (Å²) < 4.78 is 0. The maximum absolute atomic E-state index is 13.5. The molecule has 1 aromatic carbocycles. The largest absolute Gasteiger partial charge is 0.365 e. The molecule has 3 heterocycles. The van der Waals surface area contributed by atoms with Gasteiger partial charge in [-0.05, 0) is 61.9 Å². The molecule has 5 nitrogen and oxygen atoms in total. The number of aryl methyl sites for hydroxylation is 1. The Morgan fingerprint density at radius 3 is 2.73 bits per heavy atom. The first-order chi connectivity index (χ1) is 15.9. The number of hydrogen-bond acceptors (Lipinski definition) is 5. The lowest BCUT2D eigenvalue weighted by atomic mass is 9.85. The summed E-state index contributed by atoms with van der Waals surface area (Å²) in [5.74, 6) is -0.121. The normalized spacial score (nSPS) is 15.4. The summed E-state index contributed by atoms with van der Waals surface area (Å²) in [6.45, 7) is 4.25. The van der Waals surface area contributed by atoms with Gasteiger partial charge in [0, 0.05) is 15.1 Å². The standard InChI is InChI=1S/C26H25N3O2S2/c1-3-15-9-10-17-22(12-15)33-26(23(17)24(27)30)29-25(31)18-13-20(21-11-8-14(2)32-21)28-19-7-5-4-6-16(18)19/h4-8,11,13,15H,3,9-10,12H2,1-2H3,(H2,27,30)(H,29,31). The second-order valence-corrected chi connectivity index (χ2v) is 10.9. The van der Waals surface area contributed by atoms with Gasteiger partial charge < -0.3 is 11.1 Å². The molecule has 7 heteroatoms. The summed E-state index contributed by atoms with van der Waals surface area (Å²) in [7, 11) is 0. The Balaban J connectivity index is 1.56. The van der Waals surface area contributed by atoms with E-state index in [4.69, 9.17) is 10.7 Å². The van der Waals surface area contributed by atoms with Crippen molar-refractivity contribution < 1.29 is 9.59 Å². The van der Waals surface area contributed by atoms with Gasteiger partial charge in [-0.1, -0.05) is 31.5 Å². The third kappa shape index (κ3) is 4.07. The van der Waals surface area contributed by atoms with E-state index in [1.807, 2.05) is 36.4 Å². The average molecular weight is 476 g/mol. The fourth-order valence-corrected chi connectivity index (χ4v) is 6.77. The number of fused-ring (bicyclic) bond motifs is 2. The second-order valence-electron chi connectivity index (χ2n) is 8.53. The lowest BCUT2D eigenvalue weighted by molar-refractivity contribution is 0.1000. The highest BCUT2D eigenvalue weighted by atomic mass is 32.1. The van der Waals surface area contributed by atoms with Gasteiger partial charge in [0.05, 0.1) is 27.2 Å². The lowest BCUT2D eigenvalue weighted by Crippen LogP contribution is -2.20. The van der Waals surface area contributed by atoms with Gasteiger partial charge in [0.2, 0.25) is 0 Å². The molecule has 3 N–H and O–H groups in total. The number of nitrogens with two attached hydrogens (primary N) is 1. The summed E-state index contributed by atoms with van der Waals surface area (Å²) in [6.07, 6.45) is 3.93. The topological polar surface area (TPSA) is 85.1 Å². The van der Waals surface area contributed by atoms with E-state index >= 15 is 0 Å². The van der Waals surface area contributed by atoms with Crippen LogP contribution in [0.4, 0.5) is 5.00 Å². The van der Waals surface area contributed by atoms with Gasteiger partial charge in [0.15, 0.2) is 0 Å².